The first-order valence-corrected chi connectivity index (χ1v) is 6.22. The molecule has 0 aromatic heterocycles. The quantitative estimate of drug-likeness (QED) is 0.740. The van der Waals surface area contributed by atoms with Crippen molar-refractivity contribution in [2.45, 2.75) is 6.18 Å². The van der Waals surface area contributed by atoms with Crippen LogP contribution in [0.3, 0.4) is 0 Å². The smallest absolute Gasteiger partial charge is 0.416 e. The van der Waals surface area contributed by atoms with Crippen molar-refractivity contribution < 1.29 is 17.9 Å². The molecule has 2 rings (SSSR count). The van der Waals surface area contributed by atoms with E-state index in [0.29, 0.717) is 11.3 Å². The Hall–Kier alpha value is -1.49. The first-order valence-electron chi connectivity index (χ1n) is 5.43. The molecule has 1 nitrogen and oxygen atoms in total. The van der Waals surface area contributed by atoms with Crippen molar-refractivity contribution in [3.05, 3.63) is 52.5 Å². The molecule has 0 radical (unpaired) electrons. The molecule has 0 N–H and O–H groups in total. The van der Waals surface area contributed by atoms with Crippen LogP contribution in [0.4, 0.5) is 13.2 Å². The minimum Gasteiger partial charge on any atom is -0.496 e. The molecule has 0 unspecified atom stereocenters. The molecule has 0 fully saturated rings. The largest absolute Gasteiger partial charge is 0.496 e. The molecule has 5 heteroatoms. The van der Waals surface area contributed by atoms with E-state index in [1.165, 1.54) is 19.2 Å². The summed E-state index contributed by atoms with van der Waals surface area (Å²) in [6, 6.07) is 10.4. The number of halogens is 4. The maximum Gasteiger partial charge on any atom is 0.416 e. The Labute approximate surface area is 117 Å². The molecule has 0 spiro atoms. The van der Waals surface area contributed by atoms with Crippen LogP contribution >= 0.6 is 15.9 Å². The lowest BCUT2D eigenvalue weighted by Gasteiger charge is -2.11. The van der Waals surface area contributed by atoms with Gasteiger partial charge in [-0.15, -0.1) is 0 Å². The van der Waals surface area contributed by atoms with Crippen LogP contribution in [-0.4, -0.2) is 7.11 Å². The monoisotopic (exact) mass is 330 g/mol. The highest BCUT2D eigenvalue weighted by atomic mass is 79.9. The summed E-state index contributed by atoms with van der Waals surface area (Å²) in [4.78, 5) is 0. The van der Waals surface area contributed by atoms with Crippen LogP contribution in [0.5, 0.6) is 5.75 Å². The van der Waals surface area contributed by atoms with Crippen molar-refractivity contribution in [1.29, 1.82) is 0 Å². The fraction of sp³-hybridized carbons (Fsp3) is 0.143. The molecular formula is C14H10BrF3O. The minimum atomic E-state index is -4.32. The molecule has 0 heterocycles. The van der Waals surface area contributed by atoms with Crippen molar-refractivity contribution in [1.82, 2.24) is 0 Å². The van der Waals surface area contributed by atoms with Crippen LogP contribution < -0.4 is 4.74 Å². The van der Waals surface area contributed by atoms with Gasteiger partial charge in [-0.05, 0) is 35.9 Å². The maximum atomic E-state index is 12.5. The third-order valence-corrected chi connectivity index (χ3v) is 3.18. The van der Waals surface area contributed by atoms with E-state index in [9.17, 15) is 13.2 Å². The van der Waals surface area contributed by atoms with Gasteiger partial charge in [0.1, 0.15) is 5.75 Å². The van der Waals surface area contributed by atoms with E-state index in [2.05, 4.69) is 15.9 Å². The van der Waals surface area contributed by atoms with Crippen LogP contribution in [0.15, 0.2) is 46.9 Å². The van der Waals surface area contributed by atoms with Gasteiger partial charge in [0.2, 0.25) is 0 Å². The first-order chi connectivity index (χ1) is 8.91. The highest BCUT2D eigenvalue weighted by molar-refractivity contribution is 9.10. The van der Waals surface area contributed by atoms with Gasteiger partial charge >= 0.3 is 6.18 Å². The number of benzene rings is 2. The molecule has 0 aliphatic carbocycles. The van der Waals surface area contributed by atoms with Crippen molar-refractivity contribution in [2.24, 2.45) is 0 Å². The number of hydrogen-bond acceptors (Lipinski definition) is 1. The second-order valence-electron chi connectivity index (χ2n) is 3.92. The summed E-state index contributed by atoms with van der Waals surface area (Å²) in [7, 11) is 1.52. The maximum absolute atomic E-state index is 12.5. The lowest BCUT2D eigenvalue weighted by molar-refractivity contribution is -0.137. The Bertz CT molecular complexity index is 576. The number of ether oxygens (including phenoxy) is 1. The van der Waals surface area contributed by atoms with Gasteiger partial charge in [-0.2, -0.15) is 13.2 Å². The summed E-state index contributed by atoms with van der Waals surface area (Å²) in [5, 5.41) is 0. The molecule has 0 aliphatic rings. The van der Waals surface area contributed by atoms with Crippen LogP contribution in [0.25, 0.3) is 11.1 Å². The van der Waals surface area contributed by atoms with E-state index in [1.54, 1.807) is 12.1 Å². The van der Waals surface area contributed by atoms with E-state index in [4.69, 9.17) is 4.74 Å². The van der Waals surface area contributed by atoms with Gasteiger partial charge in [0.05, 0.1) is 12.7 Å². The summed E-state index contributed by atoms with van der Waals surface area (Å²) in [5.41, 5.74) is 0.768. The van der Waals surface area contributed by atoms with E-state index in [1.807, 2.05) is 6.07 Å². The molecule has 0 amide bonds. The van der Waals surface area contributed by atoms with Gasteiger partial charge in [-0.3, -0.25) is 0 Å². The van der Waals surface area contributed by atoms with Crippen LogP contribution in [0, 0.1) is 0 Å². The van der Waals surface area contributed by atoms with Gasteiger partial charge in [-0.25, -0.2) is 0 Å². The molecule has 0 aliphatic heterocycles. The van der Waals surface area contributed by atoms with Crippen LogP contribution in [-0.2, 0) is 6.18 Å². The van der Waals surface area contributed by atoms with Gasteiger partial charge in [-0.1, -0.05) is 28.1 Å². The fourth-order valence-corrected chi connectivity index (χ4v) is 2.08. The Morgan fingerprint density at radius 2 is 1.63 bits per heavy atom. The summed E-state index contributed by atoms with van der Waals surface area (Å²) in [6.45, 7) is 0. The second-order valence-corrected chi connectivity index (χ2v) is 4.84. The SMILES string of the molecule is COc1cc(Br)ccc1-c1ccc(C(F)(F)F)cc1. The lowest BCUT2D eigenvalue weighted by atomic mass is 10.0. The molecule has 19 heavy (non-hydrogen) atoms. The topological polar surface area (TPSA) is 9.23 Å². The predicted molar refractivity (Wildman–Crippen MR) is 71.1 cm³/mol. The Morgan fingerprint density at radius 3 is 2.16 bits per heavy atom. The lowest BCUT2D eigenvalue weighted by Crippen LogP contribution is -2.04. The summed E-state index contributed by atoms with van der Waals surface area (Å²) >= 11 is 3.32. The number of hydrogen-bond donors (Lipinski definition) is 0. The van der Waals surface area contributed by atoms with Gasteiger partial charge in [0, 0.05) is 10.0 Å². The molecule has 100 valence electrons. The summed E-state index contributed by atoms with van der Waals surface area (Å²) in [6.07, 6.45) is -4.32. The number of methoxy groups -OCH3 is 1. The average molecular weight is 331 g/mol. The number of alkyl halides is 3. The summed E-state index contributed by atoms with van der Waals surface area (Å²) < 4.78 is 43.5. The molecule has 0 bridgehead atoms. The number of rotatable bonds is 2. The highest BCUT2D eigenvalue weighted by Gasteiger charge is 2.30. The Kier molecular flexibility index (Phi) is 3.85. The third-order valence-electron chi connectivity index (χ3n) is 2.69. The van der Waals surface area contributed by atoms with Crippen molar-refractivity contribution in [3.8, 4) is 16.9 Å². The zero-order valence-electron chi connectivity index (χ0n) is 9.96. The van der Waals surface area contributed by atoms with E-state index >= 15 is 0 Å². The van der Waals surface area contributed by atoms with Crippen molar-refractivity contribution >= 4 is 15.9 Å². The van der Waals surface area contributed by atoms with Gasteiger partial charge in [0.15, 0.2) is 0 Å². The normalized spacial score (nSPS) is 11.4. The Morgan fingerprint density at radius 1 is 1.00 bits per heavy atom. The molecule has 0 atom stereocenters. The minimum absolute atomic E-state index is 0.606. The third kappa shape index (κ3) is 3.10. The first kappa shape index (κ1) is 13.9. The zero-order chi connectivity index (χ0) is 14.0. The van der Waals surface area contributed by atoms with Crippen molar-refractivity contribution in [2.75, 3.05) is 7.11 Å². The second kappa shape index (κ2) is 5.25. The molecular weight excluding hydrogens is 321 g/mol. The van der Waals surface area contributed by atoms with Crippen molar-refractivity contribution in [3.63, 3.8) is 0 Å². The molecule has 0 saturated carbocycles. The van der Waals surface area contributed by atoms with E-state index in [-0.39, 0.29) is 0 Å². The van der Waals surface area contributed by atoms with E-state index in [0.717, 1.165) is 22.2 Å². The van der Waals surface area contributed by atoms with Gasteiger partial charge < -0.3 is 4.74 Å². The standard InChI is InChI=1S/C14H10BrF3O/c1-19-13-8-11(15)6-7-12(13)9-2-4-10(5-3-9)14(16,17)18/h2-8H,1H3. The highest BCUT2D eigenvalue weighted by Crippen LogP contribution is 2.35. The van der Waals surface area contributed by atoms with Crippen LogP contribution in [0.1, 0.15) is 5.56 Å². The summed E-state index contributed by atoms with van der Waals surface area (Å²) in [5.74, 6) is 0.606. The average Bonchev–Trinajstić information content (AvgIpc) is 2.37. The zero-order valence-corrected chi connectivity index (χ0v) is 11.5. The van der Waals surface area contributed by atoms with Crippen LogP contribution in [0.2, 0.25) is 0 Å². The Balaban J connectivity index is 2.43. The predicted octanol–water partition coefficient (Wildman–Crippen LogP) is 5.14. The molecule has 0 saturated heterocycles. The fourth-order valence-electron chi connectivity index (χ4n) is 1.74. The molecule has 2 aromatic rings. The van der Waals surface area contributed by atoms with E-state index < -0.39 is 11.7 Å². The molecule has 2 aromatic carbocycles. The van der Waals surface area contributed by atoms with Gasteiger partial charge in [0.25, 0.3) is 0 Å².